The van der Waals surface area contributed by atoms with Crippen molar-refractivity contribution in [3.63, 3.8) is 0 Å². The van der Waals surface area contributed by atoms with Crippen molar-refractivity contribution in [2.24, 2.45) is 4.99 Å². The second kappa shape index (κ2) is 8.15. The SMILES string of the molecule is COc1ccc(N2C(=O)/C(=C(/C)C=Nc3ccccc3)C2c2ccccc2)cc1. The van der Waals surface area contributed by atoms with Crippen LogP contribution >= 0.6 is 0 Å². The zero-order valence-electron chi connectivity index (χ0n) is 16.4. The fourth-order valence-electron chi connectivity index (χ4n) is 3.53. The first-order chi connectivity index (χ1) is 14.2. The van der Waals surface area contributed by atoms with Gasteiger partial charge >= 0.3 is 0 Å². The van der Waals surface area contributed by atoms with Gasteiger partial charge in [0.25, 0.3) is 5.91 Å². The summed E-state index contributed by atoms with van der Waals surface area (Å²) >= 11 is 0. The molecule has 144 valence electrons. The molecule has 3 aromatic carbocycles. The molecule has 1 saturated heterocycles. The highest BCUT2D eigenvalue weighted by Gasteiger charge is 2.44. The van der Waals surface area contributed by atoms with Gasteiger partial charge in [-0.2, -0.15) is 0 Å². The Hall–Kier alpha value is -3.66. The van der Waals surface area contributed by atoms with Gasteiger partial charge in [0.15, 0.2) is 0 Å². The molecule has 0 saturated carbocycles. The van der Waals surface area contributed by atoms with E-state index in [0.717, 1.165) is 33.8 Å². The molecule has 1 aliphatic rings. The molecular formula is C25H22N2O2. The quantitative estimate of drug-likeness (QED) is 0.332. The maximum absolute atomic E-state index is 13.1. The predicted octanol–water partition coefficient (Wildman–Crippen LogP) is 5.50. The van der Waals surface area contributed by atoms with E-state index in [1.165, 1.54) is 0 Å². The highest BCUT2D eigenvalue weighted by Crippen LogP contribution is 2.44. The summed E-state index contributed by atoms with van der Waals surface area (Å²) < 4.78 is 5.24. The lowest BCUT2D eigenvalue weighted by atomic mass is 9.84. The Kier molecular flexibility index (Phi) is 5.25. The van der Waals surface area contributed by atoms with E-state index in [2.05, 4.69) is 17.1 Å². The summed E-state index contributed by atoms with van der Waals surface area (Å²) in [5, 5.41) is 0. The third-order valence-corrected chi connectivity index (χ3v) is 5.04. The van der Waals surface area contributed by atoms with Gasteiger partial charge in [-0.15, -0.1) is 0 Å². The number of benzene rings is 3. The molecule has 1 amide bonds. The summed E-state index contributed by atoms with van der Waals surface area (Å²) in [6.45, 7) is 1.95. The highest BCUT2D eigenvalue weighted by molar-refractivity contribution is 6.18. The molecule has 1 aliphatic heterocycles. The van der Waals surface area contributed by atoms with Crippen LogP contribution in [0.15, 0.2) is 101 Å². The minimum absolute atomic E-state index is 0.000955. The Balaban J connectivity index is 1.71. The lowest BCUT2D eigenvalue weighted by Crippen LogP contribution is -2.50. The molecule has 0 spiro atoms. The number of hydrogen-bond acceptors (Lipinski definition) is 3. The van der Waals surface area contributed by atoms with Gasteiger partial charge in [0.05, 0.1) is 18.8 Å². The van der Waals surface area contributed by atoms with E-state index in [-0.39, 0.29) is 11.9 Å². The zero-order valence-corrected chi connectivity index (χ0v) is 16.4. The molecule has 0 N–H and O–H groups in total. The van der Waals surface area contributed by atoms with Crippen LogP contribution in [0.4, 0.5) is 11.4 Å². The molecule has 1 fully saturated rings. The van der Waals surface area contributed by atoms with Gasteiger partial charge in [0.1, 0.15) is 5.75 Å². The number of methoxy groups -OCH3 is 1. The Bertz CT molecular complexity index is 1050. The van der Waals surface area contributed by atoms with Crippen molar-refractivity contribution in [2.75, 3.05) is 12.0 Å². The number of β-lactam (4-membered cyclic amide) rings is 1. The second-order valence-electron chi connectivity index (χ2n) is 6.88. The lowest BCUT2D eigenvalue weighted by molar-refractivity contribution is -0.119. The highest BCUT2D eigenvalue weighted by atomic mass is 16.5. The first-order valence-corrected chi connectivity index (χ1v) is 9.51. The van der Waals surface area contributed by atoms with E-state index in [9.17, 15) is 4.79 Å². The van der Waals surface area contributed by atoms with Crippen molar-refractivity contribution < 1.29 is 9.53 Å². The summed E-state index contributed by atoms with van der Waals surface area (Å²) in [5.41, 5.74) is 4.43. The zero-order chi connectivity index (χ0) is 20.2. The van der Waals surface area contributed by atoms with Crippen molar-refractivity contribution >= 4 is 23.5 Å². The molecule has 1 atom stereocenters. The maximum Gasteiger partial charge on any atom is 0.257 e. The topological polar surface area (TPSA) is 41.9 Å². The Labute approximate surface area is 170 Å². The van der Waals surface area contributed by atoms with E-state index >= 15 is 0 Å². The summed E-state index contributed by atoms with van der Waals surface area (Å²) in [6, 6.07) is 27.2. The van der Waals surface area contributed by atoms with Gasteiger partial charge in [-0.3, -0.25) is 14.7 Å². The largest absolute Gasteiger partial charge is 0.497 e. The molecule has 4 nitrogen and oxygen atoms in total. The number of amides is 1. The van der Waals surface area contributed by atoms with Crippen LogP contribution in [0.25, 0.3) is 0 Å². The minimum Gasteiger partial charge on any atom is -0.497 e. The molecule has 3 aromatic rings. The molecule has 4 heteroatoms. The van der Waals surface area contributed by atoms with Gasteiger partial charge in [-0.25, -0.2) is 0 Å². The van der Waals surface area contributed by atoms with Crippen LogP contribution in [0.5, 0.6) is 5.75 Å². The minimum atomic E-state index is -0.140. The van der Waals surface area contributed by atoms with Crippen molar-refractivity contribution in [3.8, 4) is 5.75 Å². The molecule has 0 radical (unpaired) electrons. The van der Waals surface area contributed by atoms with Crippen LogP contribution in [-0.4, -0.2) is 19.2 Å². The van der Waals surface area contributed by atoms with Gasteiger partial charge < -0.3 is 4.74 Å². The first-order valence-electron chi connectivity index (χ1n) is 9.51. The lowest BCUT2D eigenvalue weighted by Gasteiger charge is -2.44. The van der Waals surface area contributed by atoms with E-state index in [0.29, 0.717) is 0 Å². The van der Waals surface area contributed by atoms with Crippen LogP contribution in [-0.2, 0) is 4.79 Å². The normalized spacial score (nSPS) is 17.9. The molecule has 0 aromatic heterocycles. The second-order valence-corrected chi connectivity index (χ2v) is 6.88. The van der Waals surface area contributed by atoms with Crippen LogP contribution in [0.1, 0.15) is 18.5 Å². The maximum atomic E-state index is 13.1. The first kappa shape index (κ1) is 18.7. The molecule has 4 rings (SSSR count). The molecular weight excluding hydrogens is 360 g/mol. The number of nitrogens with zero attached hydrogens (tertiary/aromatic N) is 2. The summed E-state index contributed by atoms with van der Waals surface area (Å²) in [6.07, 6.45) is 1.78. The van der Waals surface area contributed by atoms with Crippen molar-refractivity contribution in [2.45, 2.75) is 13.0 Å². The smallest absolute Gasteiger partial charge is 0.257 e. The van der Waals surface area contributed by atoms with Gasteiger partial charge in [0.2, 0.25) is 0 Å². The molecule has 0 aliphatic carbocycles. The molecule has 1 unspecified atom stereocenters. The third kappa shape index (κ3) is 3.69. The monoisotopic (exact) mass is 382 g/mol. The van der Waals surface area contributed by atoms with Crippen molar-refractivity contribution in [1.82, 2.24) is 0 Å². The average molecular weight is 382 g/mol. The fraction of sp³-hybridized carbons (Fsp3) is 0.120. The number of carbonyl (C=O) groups is 1. The number of rotatable bonds is 5. The van der Waals surface area contributed by atoms with Gasteiger partial charge in [-0.05, 0) is 54.5 Å². The van der Waals surface area contributed by atoms with Crippen molar-refractivity contribution in [3.05, 3.63) is 102 Å². The van der Waals surface area contributed by atoms with E-state index < -0.39 is 0 Å². The van der Waals surface area contributed by atoms with Crippen LogP contribution in [0, 0.1) is 0 Å². The number of ether oxygens (including phenoxy) is 1. The fourth-order valence-corrected chi connectivity index (χ4v) is 3.53. The molecule has 29 heavy (non-hydrogen) atoms. The number of allylic oxidation sites excluding steroid dienone is 1. The van der Waals surface area contributed by atoms with Gasteiger partial charge in [-0.1, -0.05) is 48.5 Å². The summed E-state index contributed by atoms with van der Waals surface area (Å²) in [4.78, 5) is 19.5. The number of para-hydroxylation sites is 1. The van der Waals surface area contributed by atoms with Crippen LogP contribution in [0.3, 0.4) is 0 Å². The standard InChI is InChI=1S/C25H22N2O2/c1-18(17-26-20-11-7-4-8-12-20)23-24(19-9-5-3-6-10-19)27(25(23)28)21-13-15-22(29-2)16-14-21/h3-17,24H,1-2H3/b23-18-,26-17?. The number of carbonyl (C=O) groups excluding carboxylic acids is 1. The third-order valence-electron chi connectivity index (χ3n) is 5.04. The average Bonchev–Trinajstić information content (AvgIpc) is 2.78. The van der Waals surface area contributed by atoms with Crippen molar-refractivity contribution in [1.29, 1.82) is 0 Å². The Morgan fingerprint density at radius 2 is 1.55 bits per heavy atom. The number of anilines is 1. The van der Waals surface area contributed by atoms with Crippen LogP contribution in [0.2, 0.25) is 0 Å². The number of hydrogen-bond donors (Lipinski definition) is 0. The van der Waals surface area contributed by atoms with E-state index in [4.69, 9.17) is 4.74 Å². The predicted molar refractivity (Wildman–Crippen MR) is 117 cm³/mol. The summed E-state index contributed by atoms with van der Waals surface area (Å²) in [5.74, 6) is 0.765. The summed E-state index contributed by atoms with van der Waals surface area (Å²) in [7, 11) is 1.63. The molecule has 1 heterocycles. The van der Waals surface area contributed by atoms with E-state index in [1.54, 1.807) is 13.3 Å². The number of aliphatic imine (C=N–C) groups is 1. The molecule has 0 bridgehead atoms. The van der Waals surface area contributed by atoms with Gasteiger partial charge in [0, 0.05) is 17.5 Å². The Morgan fingerprint density at radius 3 is 2.17 bits per heavy atom. The van der Waals surface area contributed by atoms with Crippen LogP contribution < -0.4 is 9.64 Å². The van der Waals surface area contributed by atoms with E-state index in [1.807, 2.05) is 84.6 Å². The Morgan fingerprint density at radius 1 is 0.931 bits per heavy atom.